The number of allylic oxidation sites excluding steroid dienone is 3. The second-order valence-corrected chi connectivity index (χ2v) is 20.3. The number of carbonyl (C=O) groups is 2. The van der Waals surface area contributed by atoms with E-state index < -0.39 is 12.1 Å². The fourth-order valence-corrected chi connectivity index (χ4v) is 9.16. The predicted octanol–water partition coefficient (Wildman–Crippen LogP) is 18.2. The third kappa shape index (κ3) is 51.7. The summed E-state index contributed by atoms with van der Waals surface area (Å²) in [6.07, 6.45) is 67.7. The first-order valence-corrected chi connectivity index (χ1v) is 29.6. The van der Waals surface area contributed by atoms with Gasteiger partial charge in [0, 0.05) is 12.8 Å². The van der Waals surface area contributed by atoms with E-state index in [1.807, 2.05) is 6.08 Å². The van der Waals surface area contributed by atoms with Crippen LogP contribution in [0.4, 0.5) is 0 Å². The van der Waals surface area contributed by atoms with Crippen LogP contribution in [0.5, 0.6) is 0 Å². The van der Waals surface area contributed by atoms with Crippen LogP contribution < -0.4 is 5.32 Å². The lowest BCUT2D eigenvalue weighted by Gasteiger charge is -2.20. The number of hydrogen-bond acceptors (Lipinski definition) is 5. The van der Waals surface area contributed by atoms with Gasteiger partial charge in [0.05, 0.1) is 25.4 Å². The molecule has 0 fully saturated rings. The molecule has 6 heteroatoms. The van der Waals surface area contributed by atoms with Crippen LogP contribution >= 0.6 is 0 Å². The molecular weight excluding hydrogens is 815 g/mol. The van der Waals surface area contributed by atoms with Crippen LogP contribution in [0.25, 0.3) is 0 Å². The van der Waals surface area contributed by atoms with Crippen LogP contribution in [-0.4, -0.2) is 47.4 Å². The van der Waals surface area contributed by atoms with Crippen molar-refractivity contribution in [1.82, 2.24) is 5.32 Å². The lowest BCUT2D eigenvalue weighted by atomic mass is 10.0. The van der Waals surface area contributed by atoms with E-state index in [0.717, 1.165) is 44.9 Å². The molecular formula is C60H115NO5. The summed E-state index contributed by atoms with van der Waals surface area (Å²) in [6.45, 7) is 4.90. The highest BCUT2D eigenvalue weighted by Gasteiger charge is 2.18. The smallest absolute Gasteiger partial charge is 0.305 e. The Labute approximate surface area is 411 Å². The minimum Gasteiger partial charge on any atom is -0.466 e. The van der Waals surface area contributed by atoms with Crippen molar-refractivity contribution >= 4 is 11.9 Å². The van der Waals surface area contributed by atoms with Gasteiger partial charge in [-0.1, -0.05) is 276 Å². The minimum atomic E-state index is -0.846. The van der Waals surface area contributed by atoms with Crippen LogP contribution in [0.3, 0.4) is 0 Å². The summed E-state index contributed by atoms with van der Waals surface area (Å²) in [7, 11) is 0. The lowest BCUT2D eigenvalue weighted by Crippen LogP contribution is -2.45. The molecule has 0 aliphatic carbocycles. The fourth-order valence-electron chi connectivity index (χ4n) is 9.16. The summed E-state index contributed by atoms with van der Waals surface area (Å²) in [5, 5.41) is 23.1. The van der Waals surface area contributed by atoms with E-state index in [1.54, 1.807) is 6.08 Å². The van der Waals surface area contributed by atoms with Crippen molar-refractivity contribution in [1.29, 1.82) is 0 Å². The third-order valence-corrected chi connectivity index (χ3v) is 13.7. The number of carbonyl (C=O) groups excluding carboxylic acids is 2. The maximum atomic E-state index is 12.5. The van der Waals surface area contributed by atoms with E-state index in [2.05, 4.69) is 31.3 Å². The van der Waals surface area contributed by atoms with E-state index in [1.165, 1.54) is 250 Å². The summed E-state index contributed by atoms with van der Waals surface area (Å²) in [5.74, 6) is -0.0691. The van der Waals surface area contributed by atoms with E-state index in [-0.39, 0.29) is 18.5 Å². The van der Waals surface area contributed by atoms with Crippen molar-refractivity contribution in [2.24, 2.45) is 0 Å². The minimum absolute atomic E-state index is 0.000579. The first kappa shape index (κ1) is 64.3. The Kier molecular flexibility index (Phi) is 54.5. The maximum Gasteiger partial charge on any atom is 0.305 e. The monoisotopic (exact) mass is 930 g/mol. The van der Waals surface area contributed by atoms with Gasteiger partial charge in [-0.05, 0) is 57.8 Å². The van der Waals surface area contributed by atoms with Crippen molar-refractivity contribution < 1.29 is 24.5 Å². The van der Waals surface area contributed by atoms with Crippen molar-refractivity contribution in [2.75, 3.05) is 13.2 Å². The number of aliphatic hydroxyl groups is 2. The average Bonchev–Trinajstić information content (AvgIpc) is 3.32. The molecule has 0 saturated heterocycles. The van der Waals surface area contributed by atoms with E-state index in [4.69, 9.17) is 4.74 Å². The number of ether oxygens (including phenoxy) is 1. The highest BCUT2D eigenvalue weighted by Crippen LogP contribution is 2.17. The van der Waals surface area contributed by atoms with Gasteiger partial charge in [0.1, 0.15) is 0 Å². The Morgan fingerprint density at radius 2 is 0.712 bits per heavy atom. The third-order valence-electron chi connectivity index (χ3n) is 13.7. The second-order valence-electron chi connectivity index (χ2n) is 20.3. The normalized spacial score (nSPS) is 12.7. The molecule has 1 amide bonds. The van der Waals surface area contributed by atoms with Crippen molar-refractivity contribution in [3.05, 3.63) is 24.3 Å². The van der Waals surface area contributed by atoms with E-state index >= 15 is 0 Å². The fraction of sp³-hybridized carbons (Fsp3) is 0.900. The number of nitrogens with one attached hydrogen (secondary N) is 1. The Balaban J connectivity index is 3.42. The molecule has 0 radical (unpaired) electrons. The molecule has 0 saturated carbocycles. The van der Waals surface area contributed by atoms with Gasteiger partial charge in [0.25, 0.3) is 0 Å². The molecule has 2 unspecified atom stereocenters. The molecule has 2 atom stereocenters. The zero-order valence-electron chi connectivity index (χ0n) is 44.4. The largest absolute Gasteiger partial charge is 0.466 e. The molecule has 390 valence electrons. The summed E-state index contributed by atoms with van der Waals surface area (Å²) in [6, 6.07) is -0.630. The number of rotatable bonds is 55. The SMILES string of the molecule is CCCCCCCC/C=C\CCCCCCCC(=O)OCCCCCCCCCCCCCCCCCCCCCC(=O)NC(CO)C(O)/C=C/CCCCCCCCCCCCCCC. The number of amides is 1. The van der Waals surface area contributed by atoms with Crippen LogP contribution in [0, 0.1) is 0 Å². The van der Waals surface area contributed by atoms with Crippen molar-refractivity contribution in [2.45, 2.75) is 334 Å². The highest BCUT2D eigenvalue weighted by atomic mass is 16.5. The molecule has 66 heavy (non-hydrogen) atoms. The number of hydrogen-bond donors (Lipinski definition) is 3. The topological polar surface area (TPSA) is 95.9 Å². The van der Waals surface area contributed by atoms with Crippen LogP contribution in [0.15, 0.2) is 24.3 Å². The van der Waals surface area contributed by atoms with Gasteiger partial charge < -0.3 is 20.3 Å². The highest BCUT2D eigenvalue weighted by molar-refractivity contribution is 5.76. The predicted molar refractivity (Wildman–Crippen MR) is 287 cm³/mol. The quantitative estimate of drug-likeness (QED) is 0.0321. The number of unbranched alkanes of at least 4 members (excludes halogenated alkanes) is 42. The molecule has 3 N–H and O–H groups in total. The van der Waals surface area contributed by atoms with Gasteiger partial charge in [0.2, 0.25) is 5.91 Å². The van der Waals surface area contributed by atoms with Gasteiger partial charge >= 0.3 is 5.97 Å². The molecule has 0 aromatic rings. The van der Waals surface area contributed by atoms with Gasteiger partial charge in [-0.25, -0.2) is 0 Å². The van der Waals surface area contributed by atoms with E-state index in [9.17, 15) is 19.8 Å². The first-order chi connectivity index (χ1) is 32.5. The van der Waals surface area contributed by atoms with Gasteiger partial charge in [-0.15, -0.1) is 0 Å². The zero-order valence-corrected chi connectivity index (χ0v) is 44.4. The van der Waals surface area contributed by atoms with Crippen LogP contribution in [0.1, 0.15) is 322 Å². The Morgan fingerprint density at radius 3 is 1.08 bits per heavy atom. The van der Waals surface area contributed by atoms with Crippen molar-refractivity contribution in [3.8, 4) is 0 Å². The summed E-state index contributed by atoms with van der Waals surface area (Å²) < 4.78 is 5.48. The van der Waals surface area contributed by atoms with Gasteiger partial charge in [-0.3, -0.25) is 9.59 Å². The first-order valence-electron chi connectivity index (χ1n) is 29.6. The Hall–Kier alpha value is -1.66. The standard InChI is InChI=1S/C60H115NO5/c1-3-5-7-9-11-13-15-17-24-28-32-36-40-44-48-52-58(63)57(56-62)61-59(64)53-49-45-41-37-33-29-26-22-20-19-21-23-27-31-35-39-43-47-51-55-66-60(65)54-50-46-42-38-34-30-25-18-16-14-12-10-8-6-4-2/h18,25,48,52,57-58,62-63H,3-17,19-24,26-47,49-51,53-56H2,1-2H3,(H,61,64)/b25-18-,52-48+. The van der Waals surface area contributed by atoms with Gasteiger partial charge in [0.15, 0.2) is 0 Å². The molecule has 0 spiro atoms. The second kappa shape index (κ2) is 55.9. The molecule has 0 aliphatic rings. The lowest BCUT2D eigenvalue weighted by molar-refractivity contribution is -0.143. The maximum absolute atomic E-state index is 12.5. The molecule has 0 bridgehead atoms. The van der Waals surface area contributed by atoms with Gasteiger partial charge in [-0.2, -0.15) is 0 Å². The number of esters is 1. The molecule has 6 nitrogen and oxygen atoms in total. The van der Waals surface area contributed by atoms with E-state index in [0.29, 0.717) is 19.4 Å². The summed E-state index contributed by atoms with van der Waals surface area (Å²) in [5.41, 5.74) is 0. The molecule has 0 aromatic carbocycles. The molecule has 0 heterocycles. The number of aliphatic hydroxyl groups excluding tert-OH is 2. The average molecular weight is 931 g/mol. The molecule has 0 rings (SSSR count). The Morgan fingerprint density at radius 1 is 0.409 bits per heavy atom. The summed E-state index contributed by atoms with van der Waals surface area (Å²) >= 11 is 0. The van der Waals surface area contributed by atoms with Crippen molar-refractivity contribution in [3.63, 3.8) is 0 Å². The van der Waals surface area contributed by atoms with Crippen LogP contribution in [0.2, 0.25) is 0 Å². The summed E-state index contributed by atoms with van der Waals surface area (Å²) in [4.78, 5) is 24.5. The molecule has 0 aromatic heterocycles. The molecule has 0 aliphatic heterocycles. The zero-order chi connectivity index (χ0) is 47.9. The van der Waals surface area contributed by atoms with Crippen LogP contribution in [-0.2, 0) is 14.3 Å². The Bertz CT molecular complexity index is 1030.